The number of carboxylic acid groups (broad SMARTS) is 1. The van der Waals surface area contributed by atoms with Crippen molar-refractivity contribution in [3.05, 3.63) is 23.0 Å². The Hall–Kier alpha value is -1.00. The smallest absolute Gasteiger partial charge is 0.352 e. The van der Waals surface area contributed by atoms with Gasteiger partial charge in [0, 0.05) is 19.3 Å². The van der Waals surface area contributed by atoms with Crippen molar-refractivity contribution in [1.82, 2.24) is 9.47 Å². The molecule has 0 radical (unpaired) electrons. The minimum atomic E-state index is -0.938. The van der Waals surface area contributed by atoms with Gasteiger partial charge < -0.3 is 14.6 Å². The second-order valence-electron chi connectivity index (χ2n) is 3.57. The molecular weight excluding hydrogens is 228 g/mol. The first-order chi connectivity index (χ1) is 7.58. The van der Waals surface area contributed by atoms with E-state index in [-0.39, 0.29) is 5.69 Å². The molecule has 16 heavy (non-hydrogen) atoms. The predicted octanol–water partition coefficient (Wildman–Crippen LogP) is 2.18. The van der Waals surface area contributed by atoms with E-state index in [4.69, 9.17) is 16.7 Å². The van der Waals surface area contributed by atoms with Crippen LogP contribution in [0.4, 0.5) is 0 Å². The molecule has 0 atom stereocenters. The molecule has 1 rings (SSSR count). The molecule has 5 heteroatoms. The molecule has 0 unspecified atom stereocenters. The zero-order chi connectivity index (χ0) is 12.1. The average molecular weight is 245 g/mol. The van der Waals surface area contributed by atoms with Crippen LogP contribution in [0.1, 0.15) is 24.3 Å². The number of rotatable bonds is 6. The zero-order valence-corrected chi connectivity index (χ0v) is 10.4. The van der Waals surface area contributed by atoms with E-state index in [0.717, 1.165) is 19.6 Å². The molecule has 0 aliphatic rings. The van der Waals surface area contributed by atoms with Gasteiger partial charge in [-0.05, 0) is 19.2 Å². The molecular formula is C11H17ClN2O2. The third kappa shape index (κ3) is 3.25. The summed E-state index contributed by atoms with van der Waals surface area (Å²) in [5.74, 6) is -0.938. The second kappa shape index (κ2) is 5.92. The van der Waals surface area contributed by atoms with Gasteiger partial charge in [-0.25, -0.2) is 4.79 Å². The fourth-order valence-electron chi connectivity index (χ4n) is 1.63. The van der Waals surface area contributed by atoms with Crippen molar-refractivity contribution >= 4 is 17.6 Å². The maximum atomic E-state index is 10.9. The molecule has 1 aromatic rings. The van der Waals surface area contributed by atoms with E-state index in [0.29, 0.717) is 11.6 Å². The summed E-state index contributed by atoms with van der Waals surface area (Å²) in [4.78, 5) is 13.2. The Morgan fingerprint density at radius 2 is 2.12 bits per heavy atom. The van der Waals surface area contributed by atoms with Gasteiger partial charge in [-0.15, -0.1) is 0 Å². The van der Waals surface area contributed by atoms with Crippen molar-refractivity contribution in [3.8, 4) is 0 Å². The van der Waals surface area contributed by atoms with Crippen LogP contribution >= 0.6 is 11.6 Å². The molecule has 0 saturated heterocycles. The first-order valence-electron chi connectivity index (χ1n) is 5.39. The highest BCUT2D eigenvalue weighted by molar-refractivity contribution is 6.30. The SMILES string of the molecule is CCN(CC)CCn1cc(Cl)cc1C(=O)O. The van der Waals surface area contributed by atoms with Crippen LogP contribution < -0.4 is 0 Å². The van der Waals surface area contributed by atoms with E-state index in [9.17, 15) is 4.79 Å². The second-order valence-corrected chi connectivity index (χ2v) is 4.01. The van der Waals surface area contributed by atoms with Gasteiger partial charge in [0.15, 0.2) is 0 Å². The maximum Gasteiger partial charge on any atom is 0.352 e. The van der Waals surface area contributed by atoms with Gasteiger partial charge in [0.2, 0.25) is 0 Å². The van der Waals surface area contributed by atoms with Crippen molar-refractivity contribution in [3.63, 3.8) is 0 Å². The molecule has 0 fully saturated rings. The summed E-state index contributed by atoms with van der Waals surface area (Å²) in [7, 11) is 0. The van der Waals surface area contributed by atoms with Crippen molar-refractivity contribution < 1.29 is 9.90 Å². The Morgan fingerprint density at radius 3 is 2.62 bits per heavy atom. The van der Waals surface area contributed by atoms with Crippen molar-refractivity contribution in [2.24, 2.45) is 0 Å². The highest BCUT2D eigenvalue weighted by Gasteiger charge is 2.11. The van der Waals surface area contributed by atoms with Crippen molar-refractivity contribution in [2.75, 3.05) is 19.6 Å². The quantitative estimate of drug-likeness (QED) is 0.834. The fraction of sp³-hybridized carbons (Fsp3) is 0.545. The molecule has 0 spiro atoms. The van der Waals surface area contributed by atoms with Crippen LogP contribution in [0.2, 0.25) is 5.02 Å². The monoisotopic (exact) mass is 244 g/mol. The largest absolute Gasteiger partial charge is 0.477 e. The third-order valence-electron chi connectivity index (χ3n) is 2.63. The molecule has 90 valence electrons. The Balaban J connectivity index is 2.69. The van der Waals surface area contributed by atoms with Crippen LogP contribution in [-0.2, 0) is 6.54 Å². The maximum absolute atomic E-state index is 10.9. The standard InChI is InChI=1S/C11H17ClN2O2/c1-3-13(4-2)5-6-14-8-9(12)7-10(14)11(15)16/h7-8H,3-6H2,1-2H3,(H,15,16). The van der Waals surface area contributed by atoms with Gasteiger partial charge in [-0.3, -0.25) is 0 Å². The lowest BCUT2D eigenvalue weighted by Gasteiger charge is -2.18. The van der Waals surface area contributed by atoms with Crippen LogP contribution in [-0.4, -0.2) is 40.2 Å². The summed E-state index contributed by atoms with van der Waals surface area (Å²) in [5, 5.41) is 9.43. The molecule has 0 saturated carbocycles. The first-order valence-corrected chi connectivity index (χ1v) is 5.77. The Morgan fingerprint density at radius 1 is 1.50 bits per heavy atom. The van der Waals surface area contributed by atoms with Gasteiger partial charge in [0.25, 0.3) is 0 Å². The molecule has 1 N–H and O–H groups in total. The summed E-state index contributed by atoms with van der Waals surface area (Å²) in [6.07, 6.45) is 1.66. The van der Waals surface area contributed by atoms with Gasteiger partial charge in [-0.1, -0.05) is 25.4 Å². The van der Waals surface area contributed by atoms with Gasteiger partial charge in [0.05, 0.1) is 5.02 Å². The van der Waals surface area contributed by atoms with E-state index in [1.54, 1.807) is 10.8 Å². The van der Waals surface area contributed by atoms with Crippen LogP contribution in [0.25, 0.3) is 0 Å². The number of likely N-dealkylation sites (N-methyl/N-ethyl adjacent to an activating group) is 1. The van der Waals surface area contributed by atoms with E-state index >= 15 is 0 Å². The van der Waals surface area contributed by atoms with Gasteiger partial charge in [0.1, 0.15) is 5.69 Å². The number of carbonyl (C=O) groups is 1. The minimum absolute atomic E-state index is 0.247. The summed E-state index contributed by atoms with van der Waals surface area (Å²) in [6, 6.07) is 1.48. The summed E-state index contributed by atoms with van der Waals surface area (Å²) >= 11 is 5.79. The Bertz CT molecular complexity index is 359. The lowest BCUT2D eigenvalue weighted by molar-refractivity contribution is 0.0684. The normalized spacial score (nSPS) is 11.0. The summed E-state index contributed by atoms with van der Waals surface area (Å²) in [6.45, 7) is 7.59. The number of nitrogens with zero attached hydrogens (tertiary/aromatic N) is 2. The number of hydrogen-bond donors (Lipinski definition) is 1. The average Bonchev–Trinajstić information content (AvgIpc) is 2.61. The predicted molar refractivity (Wildman–Crippen MR) is 64.2 cm³/mol. The molecule has 1 aromatic heterocycles. The van der Waals surface area contributed by atoms with E-state index in [1.165, 1.54) is 6.07 Å². The number of carboxylic acids is 1. The molecule has 0 aliphatic heterocycles. The minimum Gasteiger partial charge on any atom is -0.477 e. The summed E-state index contributed by atoms with van der Waals surface area (Å²) in [5.41, 5.74) is 0.247. The molecule has 4 nitrogen and oxygen atoms in total. The number of aromatic carboxylic acids is 1. The third-order valence-corrected chi connectivity index (χ3v) is 2.84. The van der Waals surface area contributed by atoms with Crippen molar-refractivity contribution in [2.45, 2.75) is 20.4 Å². The van der Waals surface area contributed by atoms with Gasteiger partial charge in [-0.2, -0.15) is 0 Å². The van der Waals surface area contributed by atoms with Crippen LogP contribution in [0.3, 0.4) is 0 Å². The number of aromatic nitrogens is 1. The highest BCUT2D eigenvalue weighted by atomic mass is 35.5. The van der Waals surface area contributed by atoms with Crippen LogP contribution in [0, 0.1) is 0 Å². The highest BCUT2D eigenvalue weighted by Crippen LogP contribution is 2.14. The molecule has 0 amide bonds. The van der Waals surface area contributed by atoms with E-state index < -0.39 is 5.97 Å². The van der Waals surface area contributed by atoms with Crippen LogP contribution in [0.15, 0.2) is 12.3 Å². The van der Waals surface area contributed by atoms with Crippen LogP contribution in [0.5, 0.6) is 0 Å². The fourth-order valence-corrected chi connectivity index (χ4v) is 1.85. The van der Waals surface area contributed by atoms with Crippen molar-refractivity contribution in [1.29, 1.82) is 0 Å². The zero-order valence-electron chi connectivity index (χ0n) is 9.61. The molecule has 0 aliphatic carbocycles. The lowest BCUT2D eigenvalue weighted by atomic mass is 10.4. The Labute approximate surface area is 100 Å². The Kier molecular flexibility index (Phi) is 4.83. The molecule has 0 bridgehead atoms. The topological polar surface area (TPSA) is 45.5 Å². The van der Waals surface area contributed by atoms with Gasteiger partial charge >= 0.3 is 5.97 Å². The van der Waals surface area contributed by atoms with E-state index in [1.807, 2.05) is 0 Å². The first kappa shape index (κ1) is 13.1. The summed E-state index contributed by atoms with van der Waals surface area (Å²) < 4.78 is 1.68. The lowest BCUT2D eigenvalue weighted by Crippen LogP contribution is -2.27. The molecule has 1 heterocycles. The number of halogens is 1. The van der Waals surface area contributed by atoms with E-state index in [2.05, 4.69) is 18.7 Å². The molecule has 0 aromatic carbocycles. The number of hydrogen-bond acceptors (Lipinski definition) is 2.